The Morgan fingerprint density at radius 1 is 1.05 bits per heavy atom. The summed E-state index contributed by atoms with van der Waals surface area (Å²) in [7, 11) is 1.61. The minimum Gasteiger partial charge on any atom is -0.496 e. The number of aromatic nitrogens is 3. The summed E-state index contributed by atoms with van der Waals surface area (Å²) >= 11 is 1.41. The SMILES string of the molecule is COc1ccccc1-c1cc(C)ncc1C(=O)Nc1nc2c(s1)CN(C(=O)C1(c3ccccn3)CC1)C2. The van der Waals surface area contributed by atoms with Gasteiger partial charge < -0.3 is 9.64 Å². The van der Waals surface area contributed by atoms with E-state index in [1.807, 2.05) is 60.4 Å². The molecule has 0 unspecified atom stereocenters. The van der Waals surface area contributed by atoms with Gasteiger partial charge in [-0.15, -0.1) is 0 Å². The van der Waals surface area contributed by atoms with Gasteiger partial charge in [-0.3, -0.25) is 24.9 Å². The van der Waals surface area contributed by atoms with Crippen molar-refractivity contribution in [3.05, 3.63) is 88.4 Å². The number of carbonyl (C=O) groups excluding carboxylic acids is 2. The number of pyridine rings is 2. The van der Waals surface area contributed by atoms with Gasteiger partial charge in [0.25, 0.3) is 5.91 Å². The largest absolute Gasteiger partial charge is 0.496 e. The second-order valence-corrected chi connectivity index (χ2v) is 10.5. The highest BCUT2D eigenvalue weighted by atomic mass is 32.1. The number of hydrogen-bond acceptors (Lipinski definition) is 7. The Morgan fingerprint density at radius 2 is 1.86 bits per heavy atom. The number of anilines is 1. The minimum absolute atomic E-state index is 0.106. The molecule has 1 N–H and O–H groups in total. The van der Waals surface area contributed by atoms with Crippen LogP contribution in [0, 0.1) is 6.92 Å². The summed E-state index contributed by atoms with van der Waals surface area (Å²) < 4.78 is 5.52. The van der Waals surface area contributed by atoms with Crippen molar-refractivity contribution < 1.29 is 14.3 Å². The highest BCUT2D eigenvalue weighted by Gasteiger charge is 2.55. The van der Waals surface area contributed by atoms with Crippen molar-refractivity contribution in [3.63, 3.8) is 0 Å². The van der Waals surface area contributed by atoms with E-state index in [2.05, 4.69) is 20.3 Å². The number of aryl methyl sites for hydroxylation is 1. The molecule has 0 atom stereocenters. The fraction of sp³-hybridized carbons (Fsp3) is 0.250. The summed E-state index contributed by atoms with van der Waals surface area (Å²) in [6, 6.07) is 15.2. The molecular formula is C28H25N5O3S. The molecule has 0 radical (unpaired) electrons. The lowest BCUT2D eigenvalue weighted by atomic mass is 9.99. The Hall–Kier alpha value is -4.11. The number of benzene rings is 1. The van der Waals surface area contributed by atoms with Crippen molar-refractivity contribution >= 4 is 28.3 Å². The van der Waals surface area contributed by atoms with Crippen LogP contribution in [-0.4, -0.2) is 38.8 Å². The highest BCUT2D eigenvalue weighted by Crippen LogP contribution is 2.50. The second kappa shape index (κ2) is 9.08. The van der Waals surface area contributed by atoms with Crippen molar-refractivity contribution in [2.75, 3.05) is 12.4 Å². The highest BCUT2D eigenvalue weighted by molar-refractivity contribution is 7.16. The summed E-state index contributed by atoms with van der Waals surface area (Å²) in [4.78, 5) is 43.0. The van der Waals surface area contributed by atoms with E-state index in [0.29, 0.717) is 29.5 Å². The molecule has 3 aromatic heterocycles. The summed E-state index contributed by atoms with van der Waals surface area (Å²) in [6.45, 7) is 2.82. The van der Waals surface area contributed by atoms with Gasteiger partial charge in [0.2, 0.25) is 5.91 Å². The van der Waals surface area contributed by atoms with Crippen LogP contribution in [-0.2, 0) is 23.3 Å². The fourth-order valence-electron chi connectivity index (χ4n) is 4.89. The van der Waals surface area contributed by atoms with E-state index >= 15 is 0 Å². The average molecular weight is 512 g/mol. The van der Waals surface area contributed by atoms with E-state index < -0.39 is 5.41 Å². The summed E-state index contributed by atoms with van der Waals surface area (Å²) in [6.07, 6.45) is 4.96. The lowest BCUT2D eigenvalue weighted by molar-refractivity contribution is -0.134. The van der Waals surface area contributed by atoms with E-state index in [4.69, 9.17) is 4.74 Å². The first-order chi connectivity index (χ1) is 18.0. The maximum absolute atomic E-state index is 13.4. The standard InChI is InChI=1S/C28H25N5O3S/c1-17-13-19(18-7-3-4-8-22(18)36-2)20(14-30-17)25(34)32-27-31-21-15-33(16-23(21)37-27)26(35)28(10-11-28)24-9-5-6-12-29-24/h3-9,12-14H,10-11,15-16H2,1-2H3,(H,31,32,34). The van der Waals surface area contributed by atoms with Gasteiger partial charge >= 0.3 is 0 Å². The monoisotopic (exact) mass is 511 g/mol. The van der Waals surface area contributed by atoms with Crippen LogP contribution in [0.4, 0.5) is 5.13 Å². The normalized spacial score (nSPS) is 15.2. The van der Waals surface area contributed by atoms with Crippen molar-refractivity contribution in [2.24, 2.45) is 0 Å². The molecular weight excluding hydrogens is 486 g/mol. The van der Waals surface area contributed by atoms with Crippen LogP contribution < -0.4 is 10.1 Å². The van der Waals surface area contributed by atoms with Crippen molar-refractivity contribution in [1.29, 1.82) is 0 Å². The third kappa shape index (κ3) is 4.15. The van der Waals surface area contributed by atoms with Gasteiger partial charge in [-0.05, 0) is 44.0 Å². The van der Waals surface area contributed by atoms with Gasteiger partial charge in [0.15, 0.2) is 5.13 Å². The Balaban J connectivity index is 1.19. The van der Waals surface area contributed by atoms with Crippen molar-refractivity contribution in [2.45, 2.75) is 38.3 Å². The molecule has 2 amide bonds. The Bertz CT molecular complexity index is 1490. The van der Waals surface area contributed by atoms with E-state index in [1.165, 1.54) is 11.3 Å². The van der Waals surface area contributed by atoms with Gasteiger partial charge in [-0.25, -0.2) is 4.98 Å². The van der Waals surface area contributed by atoms with Gasteiger partial charge in [-0.1, -0.05) is 35.6 Å². The van der Waals surface area contributed by atoms with E-state index in [0.717, 1.165) is 45.9 Å². The second-order valence-electron chi connectivity index (χ2n) is 9.37. The Labute approximate surface area is 218 Å². The first-order valence-electron chi connectivity index (χ1n) is 12.1. The van der Waals surface area contributed by atoms with E-state index in [-0.39, 0.29) is 11.8 Å². The van der Waals surface area contributed by atoms with Crippen LogP contribution in [0.1, 0.15) is 45.2 Å². The molecule has 0 saturated heterocycles. The molecule has 6 rings (SSSR count). The lowest BCUT2D eigenvalue weighted by Gasteiger charge is -2.22. The molecule has 0 bridgehead atoms. The topological polar surface area (TPSA) is 97.3 Å². The number of fused-ring (bicyclic) bond motifs is 1. The number of amides is 2. The van der Waals surface area contributed by atoms with Crippen molar-refractivity contribution in [3.8, 4) is 16.9 Å². The summed E-state index contributed by atoms with van der Waals surface area (Å²) in [5.74, 6) is 0.495. The zero-order valence-electron chi connectivity index (χ0n) is 20.5. The van der Waals surface area contributed by atoms with E-state index in [1.54, 1.807) is 19.5 Å². The lowest BCUT2D eigenvalue weighted by Crippen LogP contribution is -2.36. The number of hydrogen-bond donors (Lipinski definition) is 1. The maximum atomic E-state index is 13.4. The van der Waals surface area contributed by atoms with Crippen LogP contribution >= 0.6 is 11.3 Å². The van der Waals surface area contributed by atoms with Crippen LogP contribution in [0.5, 0.6) is 5.75 Å². The van der Waals surface area contributed by atoms with Gasteiger partial charge in [0.1, 0.15) is 5.75 Å². The maximum Gasteiger partial charge on any atom is 0.259 e. The molecule has 1 fully saturated rings. The van der Waals surface area contributed by atoms with Gasteiger partial charge in [0.05, 0.1) is 47.4 Å². The number of nitrogens with zero attached hydrogens (tertiary/aromatic N) is 4. The first-order valence-corrected chi connectivity index (χ1v) is 12.9. The number of carbonyl (C=O) groups is 2. The molecule has 1 aliphatic carbocycles. The van der Waals surface area contributed by atoms with Crippen LogP contribution in [0.2, 0.25) is 0 Å². The molecule has 4 heterocycles. The van der Waals surface area contributed by atoms with Crippen LogP contribution in [0.3, 0.4) is 0 Å². The third-order valence-electron chi connectivity index (χ3n) is 6.96. The number of para-hydroxylation sites is 1. The molecule has 1 saturated carbocycles. The molecule has 2 aliphatic rings. The molecule has 8 nitrogen and oxygen atoms in total. The molecule has 37 heavy (non-hydrogen) atoms. The van der Waals surface area contributed by atoms with Crippen molar-refractivity contribution in [1.82, 2.24) is 19.9 Å². The zero-order chi connectivity index (χ0) is 25.6. The predicted octanol–water partition coefficient (Wildman–Crippen LogP) is 4.74. The summed E-state index contributed by atoms with van der Waals surface area (Å²) in [5, 5.41) is 3.45. The summed E-state index contributed by atoms with van der Waals surface area (Å²) in [5.41, 5.74) is 3.97. The molecule has 186 valence electrons. The Kier molecular flexibility index (Phi) is 5.72. The fourth-order valence-corrected chi connectivity index (χ4v) is 5.87. The van der Waals surface area contributed by atoms with Crippen LogP contribution in [0.25, 0.3) is 11.1 Å². The molecule has 1 aromatic carbocycles. The number of thiazole rings is 1. The number of rotatable bonds is 6. The quantitative estimate of drug-likeness (QED) is 0.402. The van der Waals surface area contributed by atoms with Crippen LogP contribution in [0.15, 0.2) is 60.9 Å². The average Bonchev–Trinajstić information content (AvgIpc) is 3.52. The number of ether oxygens (including phenoxy) is 1. The zero-order valence-corrected chi connectivity index (χ0v) is 21.3. The smallest absolute Gasteiger partial charge is 0.259 e. The molecule has 0 spiro atoms. The van der Waals surface area contributed by atoms with Gasteiger partial charge in [0, 0.05) is 29.2 Å². The molecule has 1 aliphatic heterocycles. The minimum atomic E-state index is -0.500. The third-order valence-corrected chi connectivity index (χ3v) is 7.96. The van der Waals surface area contributed by atoms with Gasteiger partial charge in [-0.2, -0.15) is 0 Å². The number of methoxy groups -OCH3 is 1. The Morgan fingerprint density at radius 3 is 2.59 bits per heavy atom. The van der Waals surface area contributed by atoms with E-state index in [9.17, 15) is 9.59 Å². The number of nitrogens with one attached hydrogen (secondary N) is 1. The molecule has 9 heteroatoms. The predicted molar refractivity (Wildman–Crippen MR) is 140 cm³/mol. The first kappa shape index (κ1) is 23.3. The molecule has 4 aromatic rings.